The van der Waals surface area contributed by atoms with E-state index in [4.69, 9.17) is 21.1 Å². The lowest BCUT2D eigenvalue weighted by Gasteiger charge is -2.37. The van der Waals surface area contributed by atoms with E-state index in [0.717, 1.165) is 24.0 Å². The topological polar surface area (TPSA) is 105 Å². The molecule has 0 spiro atoms. The van der Waals surface area contributed by atoms with Crippen LogP contribution in [0, 0.1) is 0 Å². The lowest BCUT2D eigenvalue weighted by atomic mass is 10.0. The van der Waals surface area contributed by atoms with Crippen LogP contribution in [0.1, 0.15) is 46.9 Å². The maximum Gasteiger partial charge on any atom is 0.337 e. The second kappa shape index (κ2) is 13.2. The third kappa shape index (κ3) is 7.19. The number of benzene rings is 3. The molecule has 38 heavy (non-hydrogen) atoms. The molecule has 0 aromatic heterocycles. The largest absolute Gasteiger partial charge is 0.478 e. The Balaban J connectivity index is 1.37. The highest BCUT2D eigenvalue weighted by molar-refractivity contribution is 6.31. The predicted octanol–water partition coefficient (Wildman–Crippen LogP) is 5.14. The van der Waals surface area contributed by atoms with Gasteiger partial charge in [-0.3, -0.25) is 9.59 Å². The van der Waals surface area contributed by atoms with Crippen LogP contribution in [-0.4, -0.2) is 53.8 Å². The van der Waals surface area contributed by atoms with Gasteiger partial charge in [0.25, 0.3) is 5.91 Å². The van der Waals surface area contributed by atoms with E-state index in [1.54, 1.807) is 4.90 Å². The zero-order chi connectivity index (χ0) is 26.9. The average Bonchev–Trinajstić information content (AvgIpc) is 2.93. The smallest absolute Gasteiger partial charge is 0.337 e. The Kier molecular flexibility index (Phi) is 9.48. The summed E-state index contributed by atoms with van der Waals surface area (Å²) in [4.78, 5) is 38.5. The SMILES string of the molecule is O=C(COCC(=O)N1CCCCC1OC(c1ccccc1)c1ccccc1)Nc1ccc(Cl)cc1C(=O)O. The average molecular weight is 537 g/mol. The Morgan fingerprint density at radius 1 is 0.947 bits per heavy atom. The van der Waals surface area contributed by atoms with Crippen LogP contribution in [0.2, 0.25) is 5.02 Å². The fourth-order valence-corrected chi connectivity index (χ4v) is 4.56. The van der Waals surface area contributed by atoms with Crippen LogP contribution in [0.5, 0.6) is 0 Å². The summed E-state index contributed by atoms with van der Waals surface area (Å²) >= 11 is 5.85. The molecule has 0 bridgehead atoms. The third-order valence-corrected chi connectivity index (χ3v) is 6.45. The Hall–Kier alpha value is -3.72. The fourth-order valence-electron chi connectivity index (χ4n) is 4.39. The van der Waals surface area contributed by atoms with Crippen LogP contribution >= 0.6 is 11.6 Å². The first-order valence-electron chi connectivity index (χ1n) is 12.4. The van der Waals surface area contributed by atoms with Gasteiger partial charge in [0, 0.05) is 11.6 Å². The van der Waals surface area contributed by atoms with Crippen molar-refractivity contribution in [2.24, 2.45) is 0 Å². The predicted molar refractivity (Wildman–Crippen MR) is 143 cm³/mol. The number of ether oxygens (including phenoxy) is 2. The van der Waals surface area contributed by atoms with Gasteiger partial charge < -0.3 is 24.8 Å². The Labute approximate surface area is 226 Å². The molecular weight excluding hydrogens is 508 g/mol. The van der Waals surface area contributed by atoms with Gasteiger partial charge in [0.2, 0.25) is 5.91 Å². The summed E-state index contributed by atoms with van der Waals surface area (Å²) < 4.78 is 11.9. The maximum absolute atomic E-state index is 13.1. The minimum atomic E-state index is -1.22. The molecule has 1 saturated heterocycles. The molecule has 1 aliphatic heterocycles. The minimum absolute atomic E-state index is 0.0965. The third-order valence-electron chi connectivity index (χ3n) is 6.21. The number of hydrogen-bond donors (Lipinski definition) is 2. The van der Waals surface area contributed by atoms with Gasteiger partial charge in [0.1, 0.15) is 25.5 Å². The van der Waals surface area contributed by atoms with E-state index in [0.29, 0.717) is 13.0 Å². The molecule has 1 aliphatic rings. The number of rotatable bonds is 10. The number of piperidine rings is 1. The van der Waals surface area contributed by atoms with Gasteiger partial charge in [-0.2, -0.15) is 0 Å². The number of anilines is 1. The molecule has 198 valence electrons. The molecule has 1 fully saturated rings. The summed E-state index contributed by atoms with van der Waals surface area (Å²) in [5, 5.41) is 12.1. The number of hydrogen-bond acceptors (Lipinski definition) is 5. The molecule has 1 heterocycles. The van der Waals surface area contributed by atoms with Crippen molar-refractivity contribution < 1.29 is 29.0 Å². The van der Waals surface area contributed by atoms with E-state index >= 15 is 0 Å². The number of amides is 2. The molecule has 2 amide bonds. The number of aromatic carboxylic acids is 1. The second-order valence-electron chi connectivity index (χ2n) is 8.91. The summed E-state index contributed by atoms with van der Waals surface area (Å²) in [7, 11) is 0. The molecule has 9 heteroatoms. The molecular formula is C29H29ClN2O6. The van der Waals surface area contributed by atoms with E-state index < -0.39 is 24.7 Å². The van der Waals surface area contributed by atoms with E-state index in [1.165, 1.54) is 18.2 Å². The molecule has 0 aliphatic carbocycles. The molecule has 3 aromatic carbocycles. The van der Waals surface area contributed by atoms with Crippen molar-refractivity contribution in [1.29, 1.82) is 0 Å². The molecule has 1 unspecified atom stereocenters. The quantitative estimate of drug-likeness (QED) is 0.372. The van der Waals surface area contributed by atoms with Gasteiger partial charge in [-0.1, -0.05) is 72.3 Å². The summed E-state index contributed by atoms with van der Waals surface area (Å²) in [5.74, 6) is -2.08. The van der Waals surface area contributed by atoms with Crippen molar-refractivity contribution in [3.05, 3.63) is 101 Å². The molecule has 0 radical (unpaired) electrons. The van der Waals surface area contributed by atoms with Crippen molar-refractivity contribution in [3.8, 4) is 0 Å². The highest BCUT2D eigenvalue weighted by Crippen LogP contribution is 2.31. The number of carbonyl (C=O) groups excluding carboxylic acids is 2. The van der Waals surface area contributed by atoms with Crippen molar-refractivity contribution in [3.63, 3.8) is 0 Å². The molecule has 3 aromatic rings. The van der Waals surface area contributed by atoms with Gasteiger partial charge in [0.05, 0.1) is 11.3 Å². The highest BCUT2D eigenvalue weighted by Gasteiger charge is 2.31. The van der Waals surface area contributed by atoms with E-state index in [9.17, 15) is 19.5 Å². The summed E-state index contributed by atoms with van der Waals surface area (Å²) in [6.45, 7) is -0.188. The van der Waals surface area contributed by atoms with Crippen molar-refractivity contribution in [2.45, 2.75) is 31.6 Å². The Morgan fingerprint density at radius 2 is 1.61 bits per heavy atom. The van der Waals surface area contributed by atoms with Gasteiger partial charge in [0.15, 0.2) is 0 Å². The van der Waals surface area contributed by atoms with Crippen LogP contribution in [0.25, 0.3) is 0 Å². The first-order chi connectivity index (χ1) is 18.4. The minimum Gasteiger partial charge on any atom is -0.478 e. The Morgan fingerprint density at radius 3 is 2.24 bits per heavy atom. The first-order valence-corrected chi connectivity index (χ1v) is 12.8. The van der Waals surface area contributed by atoms with Crippen LogP contribution in [0.15, 0.2) is 78.9 Å². The summed E-state index contributed by atoms with van der Waals surface area (Å²) in [6.07, 6.45) is 1.69. The van der Waals surface area contributed by atoms with Gasteiger partial charge in [-0.25, -0.2) is 4.79 Å². The number of carboxylic acid groups (broad SMARTS) is 1. The van der Waals surface area contributed by atoms with Crippen LogP contribution in [0.4, 0.5) is 5.69 Å². The number of carboxylic acids is 1. The van der Waals surface area contributed by atoms with Crippen molar-refractivity contribution in [1.82, 2.24) is 4.90 Å². The van der Waals surface area contributed by atoms with E-state index in [1.807, 2.05) is 60.7 Å². The van der Waals surface area contributed by atoms with Gasteiger partial charge >= 0.3 is 5.97 Å². The maximum atomic E-state index is 13.1. The number of halogens is 1. The standard InChI is InChI=1S/C29H29ClN2O6/c30-22-14-15-24(23(17-22)29(35)36)31-25(33)18-37-19-26(34)32-16-8-7-13-27(32)38-28(20-9-3-1-4-10-20)21-11-5-2-6-12-21/h1-6,9-12,14-15,17,27-28H,7-8,13,16,18-19H2,(H,31,33)(H,35,36). The number of likely N-dealkylation sites (tertiary alicyclic amines) is 1. The highest BCUT2D eigenvalue weighted by atomic mass is 35.5. The zero-order valence-corrected chi connectivity index (χ0v) is 21.5. The number of carbonyl (C=O) groups is 3. The summed E-state index contributed by atoms with van der Waals surface area (Å²) in [6, 6.07) is 23.9. The monoisotopic (exact) mass is 536 g/mol. The zero-order valence-electron chi connectivity index (χ0n) is 20.7. The van der Waals surface area contributed by atoms with Crippen LogP contribution < -0.4 is 5.32 Å². The lowest BCUT2D eigenvalue weighted by Crippen LogP contribution is -2.47. The second-order valence-corrected chi connectivity index (χ2v) is 9.35. The first kappa shape index (κ1) is 27.3. The number of nitrogens with one attached hydrogen (secondary N) is 1. The Bertz CT molecular complexity index is 1210. The lowest BCUT2D eigenvalue weighted by molar-refractivity contribution is -0.160. The number of nitrogens with zero attached hydrogens (tertiary/aromatic N) is 1. The molecule has 4 rings (SSSR count). The molecule has 8 nitrogen and oxygen atoms in total. The fraction of sp³-hybridized carbons (Fsp3) is 0.276. The van der Waals surface area contributed by atoms with Gasteiger partial charge in [-0.15, -0.1) is 0 Å². The molecule has 1 atom stereocenters. The van der Waals surface area contributed by atoms with E-state index in [-0.39, 0.29) is 34.9 Å². The van der Waals surface area contributed by atoms with Crippen molar-refractivity contribution in [2.75, 3.05) is 25.1 Å². The molecule has 2 N–H and O–H groups in total. The van der Waals surface area contributed by atoms with Crippen LogP contribution in [0.3, 0.4) is 0 Å². The molecule has 0 saturated carbocycles. The van der Waals surface area contributed by atoms with Crippen LogP contribution in [-0.2, 0) is 19.1 Å². The van der Waals surface area contributed by atoms with E-state index in [2.05, 4.69) is 5.32 Å². The normalized spacial score (nSPS) is 15.3. The van der Waals surface area contributed by atoms with Crippen molar-refractivity contribution >= 4 is 35.1 Å². The summed E-state index contributed by atoms with van der Waals surface area (Å²) in [5.41, 5.74) is 1.95. The van der Waals surface area contributed by atoms with Gasteiger partial charge in [-0.05, 0) is 48.6 Å².